The van der Waals surface area contributed by atoms with Crippen LogP contribution in [0.25, 0.3) is 0 Å². The fourth-order valence-electron chi connectivity index (χ4n) is 2.95. The summed E-state index contributed by atoms with van der Waals surface area (Å²) >= 11 is 0. The molecule has 1 aliphatic rings. The molecule has 0 aliphatic carbocycles. The molecule has 1 saturated heterocycles. The first-order valence-electron chi connectivity index (χ1n) is 7.51. The van der Waals surface area contributed by atoms with Gasteiger partial charge in [-0.15, -0.1) is 0 Å². The molecule has 0 radical (unpaired) electrons. The zero-order valence-electron chi connectivity index (χ0n) is 12.2. The predicted molar refractivity (Wildman–Crippen MR) is 79.6 cm³/mol. The maximum Gasteiger partial charge on any atom is 0.176 e. The zero-order valence-corrected chi connectivity index (χ0v) is 12.2. The number of carbonyl (C=O) groups is 1. The summed E-state index contributed by atoms with van der Waals surface area (Å²) in [6, 6.07) is 7.93. The van der Waals surface area contributed by atoms with E-state index in [9.17, 15) is 4.79 Å². The molecule has 0 spiro atoms. The van der Waals surface area contributed by atoms with Crippen molar-refractivity contribution in [3.05, 3.63) is 35.4 Å². The topological polar surface area (TPSA) is 20.3 Å². The van der Waals surface area contributed by atoms with Crippen LogP contribution in [0, 0.1) is 12.8 Å². The Kier molecular flexibility index (Phi) is 5.15. The van der Waals surface area contributed by atoms with E-state index in [0.717, 1.165) is 30.1 Å². The fraction of sp³-hybridized carbons (Fsp3) is 0.588. The lowest BCUT2D eigenvalue weighted by molar-refractivity contribution is 0.0893. The fourth-order valence-corrected chi connectivity index (χ4v) is 2.95. The maximum absolute atomic E-state index is 12.2. The minimum Gasteiger partial charge on any atom is -0.296 e. The van der Waals surface area contributed by atoms with E-state index in [4.69, 9.17) is 0 Å². The lowest BCUT2D eigenvalue weighted by Gasteiger charge is -2.31. The number of Topliss-reactive ketones (excluding diaryl/α,β-unsaturated/α-hetero) is 1. The Hall–Kier alpha value is -1.15. The first kappa shape index (κ1) is 14.3. The second-order valence-electron chi connectivity index (χ2n) is 5.80. The van der Waals surface area contributed by atoms with E-state index in [1.807, 2.05) is 31.2 Å². The first-order chi connectivity index (χ1) is 9.19. The molecular formula is C17H25NO. The lowest BCUT2D eigenvalue weighted by Crippen LogP contribution is -2.37. The molecule has 104 valence electrons. The average molecular weight is 259 g/mol. The van der Waals surface area contributed by atoms with Gasteiger partial charge in [-0.3, -0.25) is 9.69 Å². The summed E-state index contributed by atoms with van der Waals surface area (Å²) in [5, 5.41) is 0. The number of hydrogen-bond acceptors (Lipinski definition) is 2. The van der Waals surface area contributed by atoms with Crippen LogP contribution in [0.4, 0.5) is 0 Å². The molecule has 0 amide bonds. The molecule has 0 aromatic heterocycles. The molecule has 0 atom stereocenters. The second-order valence-corrected chi connectivity index (χ2v) is 5.80. The number of aryl methyl sites for hydroxylation is 1. The highest BCUT2D eigenvalue weighted by Crippen LogP contribution is 2.21. The van der Waals surface area contributed by atoms with Crippen LogP contribution in [0.3, 0.4) is 0 Å². The Morgan fingerprint density at radius 3 is 2.68 bits per heavy atom. The Balaban J connectivity index is 1.84. The van der Waals surface area contributed by atoms with Gasteiger partial charge in [0.15, 0.2) is 5.78 Å². The zero-order chi connectivity index (χ0) is 13.7. The summed E-state index contributed by atoms with van der Waals surface area (Å²) in [4.78, 5) is 14.5. The third-order valence-electron chi connectivity index (χ3n) is 4.11. The van der Waals surface area contributed by atoms with E-state index in [0.29, 0.717) is 6.54 Å². The van der Waals surface area contributed by atoms with Crippen LogP contribution in [0.5, 0.6) is 0 Å². The summed E-state index contributed by atoms with van der Waals surface area (Å²) in [5.74, 6) is 1.15. The van der Waals surface area contributed by atoms with Gasteiger partial charge in [0.1, 0.15) is 0 Å². The van der Waals surface area contributed by atoms with E-state index in [1.54, 1.807) is 0 Å². The Bertz CT molecular complexity index is 419. The third-order valence-corrected chi connectivity index (χ3v) is 4.11. The number of hydrogen-bond donors (Lipinski definition) is 0. The van der Waals surface area contributed by atoms with Crippen LogP contribution in [0.2, 0.25) is 0 Å². The van der Waals surface area contributed by atoms with Gasteiger partial charge in [-0.1, -0.05) is 43.5 Å². The summed E-state index contributed by atoms with van der Waals surface area (Å²) in [5.41, 5.74) is 2.02. The number of carbonyl (C=O) groups excluding carboxylic acids is 1. The predicted octanol–water partition coefficient (Wildman–Crippen LogP) is 3.69. The molecule has 1 aromatic carbocycles. The van der Waals surface area contributed by atoms with Gasteiger partial charge in [0.2, 0.25) is 0 Å². The van der Waals surface area contributed by atoms with Crippen molar-refractivity contribution in [2.45, 2.75) is 39.5 Å². The number of rotatable bonds is 5. The molecule has 0 bridgehead atoms. The average Bonchev–Trinajstić information content (AvgIpc) is 2.41. The normalized spacial score (nSPS) is 17.6. The Morgan fingerprint density at radius 2 is 2.05 bits per heavy atom. The number of likely N-dealkylation sites (tertiary alicyclic amines) is 1. The largest absolute Gasteiger partial charge is 0.296 e. The summed E-state index contributed by atoms with van der Waals surface area (Å²) in [6.45, 7) is 7.05. The van der Waals surface area contributed by atoms with Crippen LogP contribution in [0.15, 0.2) is 24.3 Å². The van der Waals surface area contributed by atoms with E-state index in [2.05, 4.69) is 11.8 Å². The summed E-state index contributed by atoms with van der Waals surface area (Å²) in [7, 11) is 0. The van der Waals surface area contributed by atoms with Crippen LogP contribution >= 0.6 is 0 Å². The van der Waals surface area contributed by atoms with Gasteiger partial charge in [-0.2, -0.15) is 0 Å². The monoisotopic (exact) mass is 259 g/mol. The van der Waals surface area contributed by atoms with Gasteiger partial charge >= 0.3 is 0 Å². The van der Waals surface area contributed by atoms with E-state index >= 15 is 0 Å². The number of piperidine rings is 1. The highest BCUT2D eigenvalue weighted by atomic mass is 16.1. The molecule has 2 nitrogen and oxygen atoms in total. The summed E-state index contributed by atoms with van der Waals surface area (Å²) in [6.07, 6.45) is 5.15. The molecule has 1 heterocycles. The van der Waals surface area contributed by atoms with Crippen molar-refractivity contribution in [1.29, 1.82) is 0 Å². The van der Waals surface area contributed by atoms with Crippen LogP contribution in [0.1, 0.15) is 48.5 Å². The maximum atomic E-state index is 12.2. The van der Waals surface area contributed by atoms with Gasteiger partial charge in [-0.05, 0) is 44.8 Å². The molecule has 0 saturated carbocycles. The minimum atomic E-state index is 0.262. The van der Waals surface area contributed by atoms with Crippen LogP contribution in [-0.2, 0) is 0 Å². The number of ketones is 1. The Morgan fingerprint density at radius 1 is 1.32 bits per heavy atom. The van der Waals surface area contributed by atoms with Crippen molar-refractivity contribution in [2.24, 2.45) is 5.92 Å². The smallest absolute Gasteiger partial charge is 0.176 e. The van der Waals surface area contributed by atoms with Gasteiger partial charge in [0, 0.05) is 5.56 Å². The summed E-state index contributed by atoms with van der Waals surface area (Å²) < 4.78 is 0. The van der Waals surface area contributed by atoms with Gasteiger partial charge in [0.25, 0.3) is 0 Å². The molecule has 2 heteroatoms. The van der Waals surface area contributed by atoms with Crippen LogP contribution in [-0.4, -0.2) is 30.3 Å². The van der Waals surface area contributed by atoms with Crippen molar-refractivity contribution < 1.29 is 4.79 Å². The van der Waals surface area contributed by atoms with E-state index in [-0.39, 0.29) is 5.78 Å². The Labute approximate surface area is 116 Å². The SMILES string of the molecule is CCCC1CCN(CC(=O)c2cccc(C)c2)CC1. The molecule has 1 aromatic rings. The quantitative estimate of drug-likeness (QED) is 0.752. The highest BCUT2D eigenvalue weighted by molar-refractivity contribution is 5.97. The standard InChI is InChI=1S/C17H25NO/c1-3-5-15-8-10-18(11-9-15)13-17(19)16-7-4-6-14(2)12-16/h4,6-7,12,15H,3,5,8-11,13H2,1-2H3. The molecule has 1 fully saturated rings. The number of nitrogens with zero attached hydrogens (tertiary/aromatic N) is 1. The minimum absolute atomic E-state index is 0.262. The first-order valence-corrected chi connectivity index (χ1v) is 7.51. The third kappa shape index (κ3) is 4.17. The van der Waals surface area contributed by atoms with Gasteiger partial charge in [0.05, 0.1) is 6.54 Å². The second kappa shape index (κ2) is 6.85. The van der Waals surface area contributed by atoms with E-state index in [1.165, 1.54) is 25.7 Å². The molecule has 1 aliphatic heterocycles. The molecule has 19 heavy (non-hydrogen) atoms. The van der Waals surface area contributed by atoms with E-state index < -0.39 is 0 Å². The van der Waals surface area contributed by atoms with Gasteiger partial charge in [-0.25, -0.2) is 0 Å². The molecule has 0 N–H and O–H groups in total. The van der Waals surface area contributed by atoms with Gasteiger partial charge < -0.3 is 0 Å². The van der Waals surface area contributed by atoms with Crippen molar-refractivity contribution in [2.75, 3.05) is 19.6 Å². The molecule has 0 unspecified atom stereocenters. The van der Waals surface area contributed by atoms with Crippen molar-refractivity contribution in [3.63, 3.8) is 0 Å². The van der Waals surface area contributed by atoms with Crippen molar-refractivity contribution >= 4 is 5.78 Å². The van der Waals surface area contributed by atoms with Crippen molar-refractivity contribution in [3.8, 4) is 0 Å². The number of benzene rings is 1. The van der Waals surface area contributed by atoms with Crippen molar-refractivity contribution in [1.82, 2.24) is 4.90 Å². The molecule has 2 rings (SSSR count). The highest BCUT2D eigenvalue weighted by Gasteiger charge is 2.20. The van der Waals surface area contributed by atoms with Crippen LogP contribution < -0.4 is 0 Å². The lowest BCUT2D eigenvalue weighted by atomic mass is 9.92. The molecular weight excluding hydrogens is 234 g/mol.